The summed E-state index contributed by atoms with van der Waals surface area (Å²) in [7, 11) is 0. The van der Waals surface area contributed by atoms with Crippen molar-refractivity contribution in [1.29, 1.82) is 0 Å². The number of fused-ring (bicyclic) bond motifs is 1. The lowest BCUT2D eigenvalue weighted by Gasteiger charge is -2.39. The van der Waals surface area contributed by atoms with Gasteiger partial charge < -0.3 is 14.9 Å². The molecule has 0 atom stereocenters. The number of carbonyl (C=O) groups is 2. The van der Waals surface area contributed by atoms with Crippen molar-refractivity contribution in [2.75, 3.05) is 22.9 Å². The summed E-state index contributed by atoms with van der Waals surface area (Å²) in [5.41, 5.74) is 3.12. The third kappa shape index (κ3) is 2.71. The molecule has 0 bridgehead atoms. The molecule has 25 heavy (non-hydrogen) atoms. The monoisotopic (exact) mass is 338 g/mol. The second-order valence-corrected chi connectivity index (χ2v) is 6.42. The molecule has 7 nitrogen and oxygen atoms in total. The Hall–Kier alpha value is -2.96. The number of para-hydroxylation sites is 1. The molecular formula is C18H18N4O3. The highest BCUT2D eigenvalue weighted by molar-refractivity contribution is 6.07. The highest BCUT2D eigenvalue weighted by Gasteiger charge is 2.36. The Balaban J connectivity index is 1.68. The Labute approximate surface area is 144 Å². The summed E-state index contributed by atoms with van der Waals surface area (Å²) in [6, 6.07) is 6.54. The zero-order valence-electron chi connectivity index (χ0n) is 13.8. The fourth-order valence-electron chi connectivity index (χ4n) is 3.32. The van der Waals surface area contributed by atoms with Gasteiger partial charge in [0.1, 0.15) is 5.69 Å². The maximum atomic E-state index is 12.9. The van der Waals surface area contributed by atoms with E-state index in [1.807, 2.05) is 12.1 Å². The molecular weight excluding hydrogens is 320 g/mol. The predicted molar refractivity (Wildman–Crippen MR) is 92.2 cm³/mol. The third-order valence-electron chi connectivity index (χ3n) is 4.68. The number of aromatic carboxylic acids is 1. The molecule has 1 saturated carbocycles. The van der Waals surface area contributed by atoms with E-state index < -0.39 is 5.97 Å². The van der Waals surface area contributed by atoms with Crippen molar-refractivity contribution >= 4 is 23.3 Å². The van der Waals surface area contributed by atoms with Gasteiger partial charge in [-0.3, -0.25) is 4.79 Å². The Morgan fingerprint density at radius 2 is 1.84 bits per heavy atom. The van der Waals surface area contributed by atoms with Gasteiger partial charge >= 0.3 is 5.97 Å². The number of aromatic nitrogens is 2. The minimum absolute atomic E-state index is 0.150. The maximum absolute atomic E-state index is 12.9. The second-order valence-electron chi connectivity index (χ2n) is 6.42. The van der Waals surface area contributed by atoms with Crippen LogP contribution in [-0.4, -0.2) is 46.1 Å². The van der Waals surface area contributed by atoms with Crippen molar-refractivity contribution in [2.24, 2.45) is 0 Å². The molecule has 1 aromatic heterocycles. The van der Waals surface area contributed by atoms with Gasteiger partial charge in [-0.2, -0.15) is 0 Å². The molecule has 2 aromatic rings. The zero-order chi connectivity index (χ0) is 17.6. The maximum Gasteiger partial charge on any atom is 0.356 e. The van der Waals surface area contributed by atoms with Crippen LogP contribution in [0.5, 0.6) is 0 Å². The van der Waals surface area contributed by atoms with E-state index in [-0.39, 0.29) is 17.3 Å². The van der Waals surface area contributed by atoms with E-state index in [9.17, 15) is 9.59 Å². The van der Waals surface area contributed by atoms with E-state index in [2.05, 4.69) is 27.9 Å². The van der Waals surface area contributed by atoms with Crippen LogP contribution in [0.25, 0.3) is 0 Å². The number of hydrogen-bond donors (Lipinski definition) is 1. The molecule has 0 radical (unpaired) electrons. The Morgan fingerprint density at radius 3 is 2.48 bits per heavy atom. The van der Waals surface area contributed by atoms with Crippen molar-refractivity contribution in [2.45, 2.75) is 25.8 Å². The van der Waals surface area contributed by atoms with Gasteiger partial charge in [0, 0.05) is 19.1 Å². The molecule has 1 amide bonds. The van der Waals surface area contributed by atoms with E-state index in [4.69, 9.17) is 5.11 Å². The van der Waals surface area contributed by atoms with Gasteiger partial charge in [0.05, 0.1) is 23.8 Å². The molecule has 1 aliphatic carbocycles. The van der Waals surface area contributed by atoms with E-state index >= 15 is 0 Å². The van der Waals surface area contributed by atoms with E-state index in [1.54, 1.807) is 4.90 Å². The summed E-state index contributed by atoms with van der Waals surface area (Å²) >= 11 is 0. The van der Waals surface area contributed by atoms with Gasteiger partial charge in [-0.15, -0.1) is 0 Å². The molecule has 1 aromatic carbocycles. The SMILES string of the molecule is Cc1cccc2c1N(C1CC1)CCN2C(=O)c1cnc(C(=O)O)cn1. The van der Waals surface area contributed by atoms with Gasteiger partial charge in [-0.1, -0.05) is 12.1 Å². The number of carboxylic acids is 1. The Morgan fingerprint density at radius 1 is 1.12 bits per heavy atom. The summed E-state index contributed by atoms with van der Waals surface area (Å²) in [5.74, 6) is -1.42. The first-order valence-electron chi connectivity index (χ1n) is 8.29. The van der Waals surface area contributed by atoms with Crippen LogP contribution in [0.15, 0.2) is 30.6 Å². The fraction of sp³-hybridized carbons (Fsp3) is 0.333. The lowest BCUT2D eigenvalue weighted by Crippen LogP contribution is -2.45. The van der Waals surface area contributed by atoms with E-state index in [0.29, 0.717) is 12.6 Å². The third-order valence-corrected chi connectivity index (χ3v) is 4.68. The Kier molecular flexibility index (Phi) is 3.63. The molecule has 1 aliphatic heterocycles. The van der Waals surface area contributed by atoms with Crippen molar-refractivity contribution in [3.63, 3.8) is 0 Å². The molecule has 1 N–H and O–H groups in total. The van der Waals surface area contributed by atoms with Gasteiger partial charge in [0.2, 0.25) is 0 Å². The first kappa shape index (κ1) is 15.6. The quantitative estimate of drug-likeness (QED) is 0.922. The number of carboxylic acid groups (broad SMARTS) is 1. The lowest BCUT2D eigenvalue weighted by atomic mass is 10.1. The smallest absolute Gasteiger partial charge is 0.356 e. The van der Waals surface area contributed by atoms with Crippen LogP contribution in [0.1, 0.15) is 39.4 Å². The molecule has 1 fully saturated rings. The van der Waals surface area contributed by atoms with Gasteiger partial charge in [-0.25, -0.2) is 14.8 Å². The average molecular weight is 338 g/mol. The van der Waals surface area contributed by atoms with Crippen molar-refractivity contribution in [1.82, 2.24) is 9.97 Å². The topological polar surface area (TPSA) is 86.6 Å². The molecule has 4 rings (SSSR count). The van der Waals surface area contributed by atoms with Gasteiger partial charge in [0.25, 0.3) is 5.91 Å². The van der Waals surface area contributed by atoms with Crippen LogP contribution >= 0.6 is 0 Å². The molecule has 2 heterocycles. The van der Waals surface area contributed by atoms with E-state index in [1.165, 1.54) is 19.0 Å². The summed E-state index contributed by atoms with van der Waals surface area (Å²) in [4.78, 5) is 35.7. The summed E-state index contributed by atoms with van der Waals surface area (Å²) in [6.07, 6.45) is 4.75. The number of anilines is 2. The number of nitrogens with zero attached hydrogens (tertiary/aromatic N) is 4. The summed E-state index contributed by atoms with van der Waals surface area (Å²) in [6.45, 7) is 3.42. The van der Waals surface area contributed by atoms with Crippen LogP contribution in [0, 0.1) is 6.92 Å². The highest BCUT2D eigenvalue weighted by Crippen LogP contribution is 2.42. The number of aryl methyl sites for hydroxylation is 1. The largest absolute Gasteiger partial charge is 0.476 e. The van der Waals surface area contributed by atoms with Gasteiger partial charge in [-0.05, 0) is 31.4 Å². The molecule has 0 spiro atoms. The molecule has 0 unspecified atom stereocenters. The second kappa shape index (κ2) is 5.84. The number of carbonyl (C=O) groups excluding carboxylic acids is 1. The molecule has 2 aliphatic rings. The minimum atomic E-state index is -1.16. The lowest BCUT2D eigenvalue weighted by molar-refractivity contribution is 0.0689. The van der Waals surface area contributed by atoms with Crippen molar-refractivity contribution < 1.29 is 14.7 Å². The predicted octanol–water partition coefficient (Wildman–Crippen LogP) is 2.11. The van der Waals surface area contributed by atoms with Crippen LogP contribution < -0.4 is 9.80 Å². The molecule has 7 heteroatoms. The van der Waals surface area contributed by atoms with Crippen molar-refractivity contribution in [3.8, 4) is 0 Å². The summed E-state index contributed by atoms with van der Waals surface area (Å²) < 4.78 is 0. The first-order chi connectivity index (χ1) is 12.1. The summed E-state index contributed by atoms with van der Waals surface area (Å²) in [5, 5.41) is 8.91. The molecule has 0 saturated heterocycles. The van der Waals surface area contributed by atoms with Crippen LogP contribution in [0.3, 0.4) is 0 Å². The fourth-order valence-corrected chi connectivity index (χ4v) is 3.32. The normalized spacial score (nSPS) is 16.5. The van der Waals surface area contributed by atoms with Crippen LogP contribution in [-0.2, 0) is 0 Å². The Bertz CT molecular complexity index is 846. The number of hydrogen-bond acceptors (Lipinski definition) is 5. The highest BCUT2D eigenvalue weighted by atomic mass is 16.4. The number of benzene rings is 1. The minimum Gasteiger partial charge on any atom is -0.476 e. The standard InChI is InChI=1S/C18H18N4O3/c1-11-3-2-4-15-16(11)21(12-5-6-12)7-8-22(15)17(23)13-9-20-14(10-19-13)18(24)25/h2-4,9-10,12H,5-8H2,1H3,(H,24,25). The zero-order valence-corrected chi connectivity index (χ0v) is 13.8. The van der Waals surface area contributed by atoms with E-state index in [0.717, 1.165) is 29.7 Å². The van der Waals surface area contributed by atoms with Crippen LogP contribution in [0.4, 0.5) is 11.4 Å². The van der Waals surface area contributed by atoms with Crippen molar-refractivity contribution in [3.05, 3.63) is 47.5 Å². The average Bonchev–Trinajstić information content (AvgIpc) is 3.45. The van der Waals surface area contributed by atoms with Gasteiger partial charge in [0.15, 0.2) is 5.69 Å². The number of rotatable bonds is 3. The number of amides is 1. The molecule has 128 valence electrons. The first-order valence-corrected chi connectivity index (χ1v) is 8.29. The van der Waals surface area contributed by atoms with Crippen LogP contribution in [0.2, 0.25) is 0 Å².